The van der Waals surface area contributed by atoms with Crippen molar-refractivity contribution in [3.05, 3.63) is 35.4 Å². The lowest BCUT2D eigenvalue weighted by Gasteiger charge is -2.27. The summed E-state index contributed by atoms with van der Waals surface area (Å²) >= 11 is 0. The summed E-state index contributed by atoms with van der Waals surface area (Å²) in [7, 11) is 0. The smallest absolute Gasteiger partial charge is 0.140 e. The predicted molar refractivity (Wildman–Crippen MR) is 89.6 cm³/mol. The van der Waals surface area contributed by atoms with Crippen LogP contribution in [0.2, 0.25) is 0 Å². The van der Waals surface area contributed by atoms with Crippen LogP contribution < -0.4 is 0 Å². The first-order valence-corrected chi connectivity index (χ1v) is 8.71. The predicted octanol–water partition coefficient (Wildman–Crippen LogP) is 5.53. The Morgan fingerprint density at radius 2 is 1.71 bits per heavy atom. The molecule has 0 aliphatic heterocycles. The maximum atomic E-state index is 12.5. The summed E-state index contributed by atoms with van der Waals surface area (Å²) in [6, 6.07) is 8.61. The summed E-state index contributed by atoms with van der Waals surface area (Å²) < 4.78 is 0. The van der Waals surface area contributed by atoms with E-state index in [0.29, 0.717) is 24.0 Å². The van der Waals surface area contributed by atoms with Crippen LogP contribution in [0.5, 0.6) is 0 Å². The first-order chi connectivity index (χ1) is 10.1. The summed E-state index contributed by atoms with van der Waals surface area (Å²) in [6.45, 7) is 6.67. The van der Waals surface area contributed by atoms with Gasteiger partial charge in [-0.2, -0.15) is 0 Å². The molecule has 1 aliphatic carbocycles. The number of ketones is 1. The number of hydrogen-bond acceptors (Lipinski definition) is 1. The van der Waals surface area contributed by atoms with Crippen LogP contribution in [0.4, 0.5) is 0 Å². The average molecular weight is 286 g/mol. The maximum absolute atomic E-state index is 12.5. The molecule has 21 heavy (non-hydrogen) atoms. The van der Waals surface area contributed by atoms with E-state index in [1.54, 1.807) is 0 Å². The standard InChI is InChI=1S/C20H30O/c1-4-5-16-6-12-19(13-7-16)20(21)14-17-8-10-18(11-9-17)15(2)3/h8-11,15-16,19H,4-7,12-14H2,1-3H3. The molecule has 0 atom stereocenters. The van der Waals surface area contributed by atoms with Crippen molar-refractivity contribution in [1.29, 1.82) is 0 Å². The van der Waals surface area contributed by atoms with E-state index in [0.717, 1.165) is 18.8 Å². The number of hydrogen-bond donors (Lipinski definition) is 0. The molecule has 1 saturated carbocycles. The Kier molecular flexibility index (Phi) is 6.02. The van der Waals surface area contributed by atoms with Crippen LogP contribution >= 0.6 is 0 Å². The highest BCUT2D eigenvalue weighted by Gasteiger charge is 2.25. The van der Waals surface area contributed by atoms with Gasteiger partial charge in [0.05, 0.1) is 0 Å². The molecule has 116 valence electrons. The zero-order valence-corrected chi connectivity index (χ0v) is 13.9. The molecular formula is C20H30O. The topological polar surface area (TPSA) is 17.1 Å². The van der Waals surface area contributed by atoms with Gasteiger partial charge in [-0.3, -0.25) is 4.79 Å². The lowest BCUT2D eigenvalue weighted by Crippen LogP contribution is -2.23. The average Bonchev–Trinajstić information content (AvgIpc) is 2.49. The van der Waals surface area contributed by atoms with E-state index in [2.05, 4.69) is 45.0 Å². The third kappa shape index (κ3) is 4.69. The molecule has 1 aromatic rings. The van der Waals surface area contributed by atoms with Crippen LogP contribution in [0.3, 0.4) is 0 Å². The molecule has 2 rings (SSSR count). The Balaban J connectivity index is 1.84. The van der Waals surface area contributed by atoms with E-state index in [1.807, 2.05) is 0 Å². The lowest BCUT2D eigenvalue weighted by atomic mass is 9.77. The summed E-state index contributed by atoms with van der Waals surface area (Å²) in [5.74, 6) is 2.22. The number of rotatable bonds is 6. The van der Waals surface area contributed by atoms with Gasteiger partial charge in [0.1, 0.15) is 5.78 Å². The van der Waals surface area contributed by atoms with Gasteiger partial charge in [-0.25, -0.2) is 0 Å². The van der Waals surface area contributed by atoms with Crippen LogP contribution in [0, 0.1) is 11.8 Å². The molecule has 0 unspecified atom stereocenters. The first-order valence-electron chi connectivity index (χ1n) is 8.71. The molecule has 1 nitrogen and oxygen atoms in total. The normalized spacial score (nSPS) is 22.5. The molecule has 0 radical (unpaired) electrons. The van der Waals surface area contributed by atoms with Crippen molar-refractivity contribution < 1.29 is 4.79 Å². The SMILES string of the molecule is CCCC1CCC(C(=O)Cc2ccc(C(C)C)cc2)CC1. The monoisotopic (exact) mass is 286 g/mol. The van der Waals surface area contributed by atoms with Crippen molar-refractivity contribution in [2.45, 2.75) is 71.6 Å². The number of carbonyl (C=O) groups excluding carboxylic acids is 1. The zero-order chi connectivity index (χ0) is 15.2. The highest BCUT2D eigenvalue weighted by molar-refractivity contribution is 5.83. The number of Topliss-reactive ketones (excluding diaryl/α,β-unsaturated/α-hetero) is 1. The molecule has 1 aromatic carbocycles. The van der Waals surface area contributed by atoms with Crippen molar-refractivity contribution in [3.63, 3.8) is 0 Å². The van der Waals surface area contributed by atoms with Crippen molar-refractivity contribution in [3.8, 4) is 0 Å². The van der Waals surface area contributed by atoms with Crippen molar-refractivity contribution >= 4 is 5.78 Å². The second-order valence-corrected chi connectivity index (χ2v) is 7.05. The molecule has 0 spiro atoms. The van der Waals surface area contributed by atoms with Gasteiger partial charge in [0.15, 0.2) is 0 Å². The highest BCUT2D eigenvalue weighted by atomic mass is 16.1. The maximum Gasteiger partial charge on any atom is 0.140 e. The van der Waals surface area contributed by atoms with Crippen molar-refractivity contribution in [2.24, 2.45) is 11.8 Å². The van der Waals surface area contributed by atoms with Gasteiger partial charge in [-0.1, -0.05) is 57.9 Å². The van der Waals surface area contributed by atoms with Crippen LogP contribution in [0.1, 0.15) is 76.3 Å². The Morgan fingerprint density at radius 1 is 1.10 bits per heavy atom. The van der Waals surface area contributed by atoms with Gasteiger partial charge < -0.3 is 0 Å². The minimum Gasteiger partial charge on any atom is -0.299 e. The van der Waals surface area contributed by atoms with Crippen molar-refractivity contribution in [2.75, 3.05) is 0 Å². The fraction of sp³-hybridized carbons (Fsp3) is 0.650. The summed E-state index contributed by atoms with van der Waals surface area (Å²) in [5.41, 5.74) is 2.53. The quantitative estimate of drug-likeness (QED) is 0.672. The fourth-order valence-electron chi connectivity index (χ4n) is 3.55. The molecule has 0 bridgehead atoms. The fourth-order valence-corrected chi connectivity index (χ4v) is 3.55. The van der Waals surface area contributed by atoms with Crippen LogP contribution in [0.25, 0.3) is 0 Å². The van der Waals surface area contributed by atoms with Crippen LogP contribution in [-0.4, -0.2) is 5.78 Å². The molecule has 1 heteroatoms. The molecule has 0 amide bonds. The summed E-state index contributed by atoms with van der Waals surface area (Å²) in [5, 5.41) is 0. The van der Waals surface area contributed by atoms with E-state index in [-0.39, 0.29) is 0 Å². The third-order valence-electron chi connectivity index (χ3n) is 5.02. The minimum atomic E-state index is 0.322. The minimum absolute atomic E-state index is 0.322. The van der Waals surface area contributed by atoms with E-state index in [9.17, 15) is 4.79 Å². The molecule has 1 fully saturated rings. The van der Waals surface area contributed by atoms with Gasteiger partial charge in [0, 0.05) is 12.3 Å². The molecule has 0 saturated heterocycles. The second-order valence-electron chi connectivity index (χ2n) is 7.05. The molecular weight excluding hydrogens is 256 g/mol. The Bertz CT molecular complexity index is 435. The lowest BCUT2D eigenvalue weighted by molar-refractivity contribution is -0.123. The number of carbonyl (C=O) groups is 1. The van der Waals surface area contributed by atoms with Gasteiger partial charge in [0.25, 0.3) is 0 Å². The van der Waals surface area contributed by atoms with Gasteiger partial charge in [-0.05, 0) is 48.6 Å². The first kappa shape index (κ1) is 16.3. The van der Waals surface area contributed by atoms with E-state index < -0.39 is 0 Å². The second kappa shape index (κ2) is 7.77. The summed E-state index contributed by atoms with van der Waals surface area (Å²) in [4.78, 5) is 12.5. The van der Waals surface area contributed by atoms with E-state index in [1.165, 1.54) is 36.8 Å². The Hall–Kier alpha value is -1.11. The highest BCUT2D eigenvalue weighted by Crippen LogP contribution is 2.32. The third-order valence-corrected chi connectivity index (χ3v) is 5.02. The number of benzene rings is 1. The Morgan fingerprint density at radius 3 is 2.24 bits per heavy atom. The van der Waals surface area contributed by atoms with Gasteiger partial charge in [0.2, 0.25) is 0 Å². The van der Waals surface area contributed by atoms with Gasteiger partial charge >= 0.3 is 0 Å². The molecule has 0 N–H and O–H groups in total. The van der Waals surface area contributed by atoms with Crippen molar-refractivity contribution in [1.82, 2.24) is 0 Å². The van der Waals surface area contributed by atoms with E-state index in [4.69, 9.17) is 0 Å². The van der Waals surface area contributed by atoms with E-state index >= 15 is 0 Å². The zero-order valence-electron chi connectivity index (χ0n) is 13.9. The largest absolute Gasteiger partial charge is 0.299 e. The van der Waals surface area contributed by atoms with Gasteiger partial charge in [-0.15, -0.1) is 0 Å². The van der Waals surface area contributed by atoms with Crippen LogP contribution in [0.15, 0.2) is 24.3 Å². The molecule has 1 aliphatic rings. The van der Waals surface area contributed by atoms with Crippen LogP contribution in [-0.2, 0) is 11.2 Å². The molecule has 0 heterocycles. The summed E-state index contributed by atoms with van der Waals surface area (Å²) in [6.07, 6.45) is 8.01. The Labute approximate surface area is 130 Å². The molecule has 0 aromatic heterocycles.